The summed E-state index contributed by atoms with van der Waals surface area (Å²) in [5.41, 5.74) is 1.03. The van der Waals surface area contributed by atoms with Crippen molar-refractivity contribution in [2.45, 2.75) is 25.9 Å². The number of allylic oxidation sites excluding steroid dienone is 1. The molecule has 1 aromatic heterocycles. The van der Waals surface area contributed by atoms with Gasteiger partial charge in [0.05, 0.1) is 15.7 Å². The second-order valence-corrected chi connectivity index (χ2v) is 6.68. The van der Waals surface area contributed by atoms with E-state index in [1.54, 1.807) is 36.6 Å². The highest BCUT2D eigenvalue weighted by Crippen LogP contribution is 2.41. The van der Waals surface area contributed by atoms with Crippen LogP contribution in [0.2, 0.25) is 0 Å². The molecule has 0 unspecified atom stereocenters. The van der Waals surface area contributed by atoms with Crippen LogP contribution in [0.4, 0.5) is 5.69 Å². The Morgan fingerprint density at radius 3 is 2.40 bits per heavy atom. The van der Waals surface area contributed by atoms with Crippen molar-refractivity contribution >= 4 is 28.6 Å². The van der Waals surface area contributed by atoms with Crippen LogP contribution in [0.15, 0.2) is 53.1 Å². The minimum Gasteiger partial charge on any atom is -0.485 e. The summed E-state index contributed by atoms with van der Waals surface area (Å²) in [5, 5.41) is 12.7. The van der Waals surface area contributed by atoms with Gasteiger partial charge in [-0.1, -0.05) is 18.2 Å². The number of thiophene rings is 1. The number of nitrogens with zero attached hydrogens (tertiary/aromatic N) is 1. The minimum atomic E-state index is -0.848. The quantitative estimate of drug-likeness (QED) is 0.460. The molecule has 2 atom stereocenters. The number of ether oxygens (including phenoxy) is 1. The lowest BCUT2D eigenvalue weighted by atomic mass is 9.84. The zero-order valence-corrected chi connectivity index (χ0v) is 14.4. The zero-order valence-electron chi connectivity index (χ0n) is 13.6. The van der Waals surface area contributed by atoms with Crippen molar-refractivity contribution in [2.24, 2.45) is 0 Å². The van der Waals surface area contributed by atoms with Crippen LogP contribution in [0.25, 0.3) is 0 Å². The maximum atomic E-state index is 12.8. The fraction of sp³-hybridized carbons (Fsp3) is 0.222. The molecule has 0 amide bonds. The van der Waals surface area contributed by atoms with E-state index in [4.69, 9.17) is 4.74 Å². The highest BCUT2D eigenvalue weighted by molar-refractivity contribution is 7.12. The molecule has 0 saturated heterocycles. The number of carbonyl (C=O) groups excluding carboxylic acids is 2. The van der Waals surface area contributed by atoms with Gasteiger partial charge in [0, 0.05) is 17.7 Å². The zero-order chi connectivity index (χ0) is 18.1. The smallest absolute Gasteiger partial charge is 0.269 e. The highest BCUT2D eigenvalue weighted by atomic mass is 32.1. The van der Waals surface area contributed by atoms with Crippen LogP contribution in [0.1, 0.15) is 35.0 Å². The second-order valence-electron chi connectivity index (χ2n) is 5.73. The molecule has 0 aliphatic carbocycles. The summed E-state index contributed by atoms with van der Waals surface area (Å²) >= 11 is 1.31. The Morgan fingerprint density at radius 2 is 1.88 bits per heavy atom. The number of hydrogen-bond donors (Lipinski definition) is 0. The molecule has 2 aromatic rings. The summed E-state index contributed by atoms with van der Waals surface area (Å²) in [6.45, 7) is 3.09. The van der Waals surface area contributed by atoms with Gasteiger partial charge >= 0.3 is 0 Å². The Hall–Kier alpha value is -2.80. The number of nitro benzene ring substituents is 1. The molecule has 0 fully saturated rings. The molecule has 1 aliphatic heterocycles. The molecule has 25 heavy (non-hydrogen) atoms. The van der Waals surface area contributed by atoms with Crippen molar-refractivity contribution in [3.8, 4) is 0 Å². The second kappa shape index (κ2) is 6.60. The molecule has 1 aliphatic rings. The largest absolute Gasteiger partial charge is 0.485 e. The maximum absolute atomic E-state index is 12.8. The van der Waals surface area contributed by atoms with Crippen LogP contribution >= 0.6 is 11.3 Å². The number of hydrogen-bond acceptors (Lipinski definition) is 6. The Balaban J connectivity index is 2.03. The van der Waals surface area contributed by atoms with E-state index in [0.717, 1.165) is 0 Å². The van der Waals surface area contributed by atoms with Gasteiger partial charge in [0.2, 0.25) is 5.78 Å². The lowest BCUT2D eigenvalue weighted by molar-refractivity contribution is -0.384. The van der Waals surface area contributed by atoms with Crippen LogP contribution < -0.4 is 0 Å². The predicted molar refractivity (Wildman–Crippen MR) is 92.7 cm³/mol. The maximum Gasteiger partial charge on any atom is 0.269 e. The van der Waals surface area contributed by atoms with Gasteiger partial charge in [-0.25, -0.2) is 0 Å². The summed E-state index contributed by atoms with van der Waals surface area (Å²) in [5.74, 6) is -0.532. The third kappa shape index (κ3) is 3.10. The monoisotopic (exact) mass is 357 g/mol. The molecule has 7 heteroatoms. The van der Waals surface area contributed by atoms with Crippen LogP contribution in [0, 0.1) is 10.1 Å². The van der Waals surface area contributed by atoms with E-state index in [2.05, 4.69) is 0 Å². The topological polar surface area (TPSA) is 86.5 Å². The summed E-state index contributed by atoms with van der Waals surface area (Å²) in [6.07, 6.45) is -0.848. The Kier molecular flexibility index (Phi) is 4.50. The average Bonchev–Trinajstić information content (AvgIpc) is 3.21. The van der Waals surface area contributed by atoms with Crippen LogP contribution in [-0.2, 0) is 9.53 Å². The molecule has 0 saturated carbocycles. The van der Waals surface area contributed by atoms with E-state index in [0.29, 0.717) is 21.8 Å². The van der Waals surface area contributed by atoms with E-state index in [1.165, 1.54) is 30.4 Å². The van der Waals surface area contributed by atoms with Crippen molar-refractivity contribution in [2.75, 3.05) is 0 Å². The van der Waals surface area contributed by atoms with Crippen molar-refractivity contribution in [3.63, 3.8) is 0 Å². The molecule has 0 bridgehead atoms. The average molecular weight is 357 g/mol. The first kappa shape index (κ1) is 17.0. The SMILES string of the molecule is CC(=O)C1=C(C)O[C@H](C(=O)c2cccs2)[C@H]1c1ccc([N+](=O)[O-])cc1. The van der Waals surface area contributed by atoms with E-state index in [9.17, 15) is 19.7 Å². The molecule has 6 nitrogen and oxygen atoms in total. The number of carbonyl (C=O) groups is 2. The third-order valence-electron chi connectivity index (χ3n) is 4.16. The van der Waals surface area contributed by atoms with Gasteiger partial charge in [0.1, 0.15) is 5.76 Å². The van der Waals surface area contributed by atoms with Gasteiger partial charge in [0.15, 0.2) is 11.9 Å². The molecule has 1 aromatic carbocycles. The van der Waals surface area contributed by atoms with Crippen LogP contribution in [-0.4, -0.2) is 22.6 Å². The molecular weight excluding hydrogens is 342 g/mol. The van der Waals surface area contributed by atoms with Crippen LogP contribution in [0.3, 0.4) is 0 Å². The number of rotatable bonds is 5. The lowest BCUT2D eigenvalue weighted by Gasteiger charge is -2.19. The molecule has 128 valence electrons. The fourth-order valence-electron chi connectivity index (χ4n) is 3.07. The number of ketones is 2. The summed E-state index contributed by atoms with van der Waals surface area (Å²) in [7, 11) is 0. The standard InChI is InChI=1S/C18H15NO5S/c1-10(20)15-11(2)24-18(17(21)14-4-3-9-25-14)16(15)12-5-7-13(8-6-12)19(22)23/h3-9,16,18H,1-2H3/t16-,18-/m0/s1. The fourth-order valence-corrected chi connectivity index (χ4v) is 3.76. The van der Waals surface area contributed by atoms with E-state index >= 15 is 0 Å². The first-order valence-electron chi connectivity index (χ1n) is 7.60. The van der Waals surface area contributed by atoms with Gasteiger partial charge < -0.3 is 4.74 Å². The van der Waals surface area contributed by atoms with Crippen LogP contribution in [0.5, 0.6) is 0 Å². The Labute approximate surface area is 147 Å². The van der Waals surface area contributed by atoms with Gasteiger partial charge in [-0.15, -0.1) is 11.3 Å². The van der Waals surface area contributed by atoms with Crippen molar-refractivity contribution < 1.29 is 19.2 Å². The van der Waals surface area contributed by atoms with E-state index in [1.807, 2.05) is 0 Å². The highest BCUT2D eigenvalue weighted by Gasteiger charge is 2.43. The minimum absolute atomic E-state index is 0.0473. The molecule has 3 rings (SSSR count). The summed E-state index contributed by atoms with van der Waals surface area (Å²) in [6, 6.07) is 9.37. The number of benzene rings is 1. The predicted octanol–water partition coefficient (Wildman–Crippen LogP) is 3.88. The number of nitro groups is 1. The Bertz CT molecular complexity index is 867. The number of non-ortho nitro benzene ring substituents is 1. The lowest BCUT2D eigenvalue weighted by Crippen LogP contribution is -2.28. The summed E-state index contributed by atoms with van der Waals surface area (Å²) < 4.78 is 5.75. The van der Waals surface area contributed by atoms with Crippen molar-refractivity contribution in [1.29, 1.82) is 0 Å². The number of Topliss-reactive ketones (excluding diaryl/α,β-unsaturated/α-hetero) is 2. The van der Waals surface area contributed by atoms with Gasteiger partial charge in [0.25, 0.3) is 5.69 Å². The molecule has 0 N–H and O–H groups in total. The first-order valence-corrected chi connectivity index (χ1v) is 8.48. The molecule has 2 heterocycles. The van der Waals surface area contributed by atoms with Gasteiger partial charge in [-0.2, -0.15) is 0 Å². The Morgan fingerprint density at radius 1 is 1.20 bits per heavy atom. The van der Waals surface area contributed by atoms with Gasteiger partial charge in [-0.3, -0.25) is 19.7 Å². The normalized spacial score (nSPS) is 19.6. The van der Waals surface area contributed by atoms with Crippen molar-refractivity contribution in [3.05, 3.63) is 73.7 Å². The first-order chi connectivity index (χ1) is 11.9. The van der Waals surface area contributed by atoms with E-state index < -0.39 is 16.9 Å². The van der Waals surface area contributed by atoms with Crippen molar-refractivity contribution in [1.82, 2.24) is 0 Å². The molecule has 0 spiro atoms. The van der Waals surface area contributed by atoms with Gasteiger partial charge in [-0.05, 0) is 30.9 Å². The molecular formula is C18H15NO5S. The van der Waals surface area contributed by atoms with E-state index in [-0.39, 0.29) is 17.3 Å². The third-order valence-corrected chi connectivity index (χ3v) is 5.05. The summed E-state index contributed by atoms with van der Waals surface area (Å²) in [4.78, 5) is 35.8. The molecule has 0 radical (unpaired) electrons.